The number of H-pyrrole nitrogens is 1. The van der Waals surface area contributed by atoms with Gasteiger partial charge in [0, 0.05) is 47.6 Å². The number of nitrogens with zero attached hydrogens (tertiary/aromatic N) is 2. The number of fused-ring (bicyclic) bond motifs is 1. The van der Waals surface area contributed by atoms with Gasteiger partial charge in [-0.15, -0.1) is 0 Å². The van der Waals surface area contributed by atoms with Crippen LogP contribution in [0, 0.1) is 0 Å². The number of benzene rings is 2. The second-order valence-corrected chi connectivity index (χ2v) is 9.86. The highest BCUT2D eigenvalue weighted by atomic mass is 32.1. The van der Waals surface area contributed by atoms with Crippen molar-refractivity contribution in [1.29, 1.82) is 0 Å². The molecule has 1 fully saturated rings. The summed E-state index contributed by atoms with van der Waals surface area (Å²) < 4.78 is 15.1. The molecular weight excluding hydrogens is 520 g/mol. The van der Waals surface area contributed by atoms with Crippen molar-refractivity contribution >= 4 is 51.5 Å². The van der Waals surface area contributed by atoms with Crippen molar-refractivity contribution in [2.24, 2.45) is 5.73 Å². The van der Waals surface area contributed by atoms with Crippen molar-refractivity contribution in [2.75, 3.05) is 30.9 Å². The number of para-hydroxylation sites is 1. The Labute approximate surface area is 228 Å². The second-order valence-electron chi connectivity index (χ2n) is 9.09. The first-order chi connectivity index (χ1) is 18.9. The van der Waals surface area contributed by atoms with E-state index in [1.165, 1.54) is 12.0 Å². The first kappa shape index (κ1) is 26.2. The Morgan fingerprint density at radius 2 is 2.08 bits per heavy atom. The Hall–Kier alpha value is -4.42. The third kappa shape index (κ3) is 5.16. The highest BCUT2D eigenvalue weighted by molar-refractivity contribution is 7.09. The van der Waals surface area contributed by atoms with Crippen LogP contribution >= 0.6 is 11.5 Å². The molecule has 0 radical (unpaired) electrons. The first-order valence-electron chi connectivity index (χ1n) is 12.4. The van der Waals surface area contributed by atoms with E-state index in [4.69, 9.17) is 20.9 Å². The number of hydrogen-bond acceptors (Lipinski definition) is 8. The van der Waals surface area contributed by atoms with Gasteiger partial charge in [-0.05, 0) is 42.6 Å². The minimum absolute atomic E-state index is 0.0108. The normalized spacial score (nSPS) is 15.7. The van der Waals surface area contributed by atoms with E-state index in [1.807, 2.05) is 24.3 Å². The molecule has 2 aromatic carbocycles. The molecule has 2 aromatic heterocycles. The van der Waals surface area contributed by atoms with Crippen molar-refractivity contribution in [3.8, 4) is 5.75 Å². The van der Waals surface area contributed by atoms with E-state index in [9.17, 15) is 14.4 Å². The quantitative estimate of drug-likeness (QED) is 0.249. The average Bonchev–Trinajstić information content (AvgIpc) is 3.70. The number of primary amides is 1. The van der Waals surface area contributed by atoms with Gasteiger partial charge >= 0.3 is 0 Å². The van der Waals surface area contributed by atoms with E-state index >= 15 is 0 Å². The van der Waals surface area contributed by atoms with Crippen LogP contribution in [0.3, 0.4) is 0 Å². The molecule has 3 heterocycles. The number of carbonyl (C=O) groups is 3. The summed E-state index contributed by atoms with van der Waals surface area (Å²) in [4.78, 5) is 44.6. The number of aromatic nitrogens is 2. The summed E-state index contributed by atoms with van der Waals surface area (Å²) in [6.07, 6.45) is 3.37. The van der Waals surface area contributed by atoms with E-state index in [0.717, 1.165) is 35.3 Å². The van der Waals surface area contributed by atoms with E-state index in [2.05, 4.69) is 14.7 Å². The number of hydrogen-bond donors (Lipinski definition) is 4. The molecular formula is C27H28N6O5S. The van der Waals surface area contributed by atoms with Crippen molar-refractivity contribution < 1.29 is 23.9 Å². The molecule has 1 aliphatic heterocycles. The molecule has 0 unspecified atom stereocenters. The molecule has 0 saturated carbocycles. The van der Waals surface area contributed by atoms with Gasteiger partial charge in [0.15, 0.2) is 5.69 Å². The molecule has 1 saturated heterocycles. The lowest BCUT2D eigenvalue weighted by molar-refractivity contribution is -0.123. The van der Waals surface area contributed by atoms with Crippen molar-refractivity contribution in [2.45, 2.75) is 25.0 Å². The van der Waals surface area contributed by atoms with Gasteiger partial charge in [-0.3, -0.25) is 19.3 Å². The maximum Gasteiger partial charge on any atom is 0.273 e. The highest BCUT2D eigenvalue weighted by Crippen LogP contribution is 2.37. The van der Waals surface area contributed by atoms with E-state index in [-0.39, 0.29) is 22.4 Å². The van der Waals surface area contributed by atoms with Crippen molar-refractivity contribution in [3.05, 3.63) is 70.9 Å². The monoisotopic (exact) mass is 548 g/mol. The highest BCUT2D eigenvalue weighted by Gasteiger charge is 2.37. The van der Waals surface area contributed by atoms with Crippen LogP contribution in [0.5, 0.6) is 5.75 Å². The molecule has 5 rings (SSSR count). The van der Waals surface area contributed by atoms with Crippen molar-refractivity contribution in [3.63, 3.8) is 0 Å². The molecule has 4 aromatic rings. The molecule has 0 bridgehead atoms. The van der Waals surface area contributed by atoms with E-state index < -0.39 is 23.8 Å². The minimum Gasteiger partial charge on any atom is -0.497 e. The number of nitrogens with one attached hydrogen (secondary N) is 2. The summed E-state index contributed by atoms with van der Waals surface area (Å²) in [7, 11) is 1.51. The summed E-state index contributed by atoms with van der Waals surface area (Å²) in [6, 6.07) is 13.2. The fourth-order valence-corrected chi connectivity index (χ4v) is 5.46. The van der Waals surface area contributed by atoms with Crippen molar-refractivity contribution in [1.82, 2.24) is 14.7 Å². The molecule has 12 heteroatoms. The van der Waals surface area contributed by atoms with Gasteiger partial charge < -0.3 is 31.2 Å². The fraction of sp³-hybridized carbons (Fsp3) is 0.259. The van der Waals surface area contributed by atoms with Gasteiger partial charge in [0.2, 0.25) is 5.91 Å². The maximum absolute atomic E-state index is 14.2. The summed E-state index contributed by atoms with van der Waals surface area (Å²) in [5.41, 5.74) is 13.0. The van der Waals surface area contributed by atoms with E-state index in [0.29, 0.717) is 30.2 Å². The maximum atomic E-state index is 14.2. The minimum atomic E-state index is -1.12. The second kappa shape index (κ2) is 11.1. The standard InChI is InChI=1S/C27H28N6O5S/c1-37-16-7-4-6-15(12-16)33(27(36)24-21(28)22(25(29)34)32-39-24)23(26(35)31-13-17-8-5-11-38-17)19-14-30-20-10-3-2-9-18(19)20/h2-4,6-7,9-10,12,14,17,23,30H,5,8,11,13,28H2,1H3,(H2,29,34)(H,31,35)/t17-,23-/m1/s1. The van der Waals surface area contributed by atoms with Gasteiger partial charge in [0.1, 0.15) is 16.7 Å². The Balaban J connectivity index is 1.66. The molecule has 3 amide bonds. The van der Waals surface area contributed by atoms with Crippen LogP contribution < -0.4 is 26.4 Å². The summed E-state index contributed by atoms with van der Waals surface area (Å²) in [5, 5.41) is 3.75. The zero-order chi connectivity index (χ0) is 27.5. The predicted octanol–water partition coefficient (Wildman–Crippen LogP) is 3.00. The number of nitrogens with two attached hydrogens (primary N) is 2. The van der Waals surface area contributed by atoms with E-state index in [1.54, 1.807) is 30.5 Å². The number of nitrogen functional groups attached to an aromatic ring is 1. The Morgan fingerprint density at radius 3 is 2.79 bits per heavy atom. The summed E-state index contributed by atoms with van der Waals surface area (Å²) in [5.74, 6) is -1.39. The first-order valence-corrected chi connectivity index (χ1v) is 13.1. The van der Waals surface area contributed by atoms with Gasteiger partial charge in [-0.25, -0.2) is 0 Å². The molecule has 39 heavy (non-hydrogen) atoms. The molecule has 202 valence electrons. The Kier molecular flexibility index (Phi) is 7.48. The lowest BCUT2D eigenvalue weighted by atomic mass is 10.0. The van der Waals surface area contributed by atoms with Crippen LogP contribution in [0.4, 0.5) is 11.4 Å². The molecule has 2 atom stereocenters. The molecule has 11 nitrogen and oxygen atoms in total. The number of amides is 3. The van der Waals surface area contributed by atoms with Crippen LogP contribution in [0.1, 0.15) is 44.6 Å². The third-order valence-corrected chi connectivity index (χ3v) is 7.51. The largest absolute Gasteiger partial charge is 0.497 e. The number of ether oxygens (including phenoxy) is 2. The van der Waals surface area contributed by atoms with Gasteiger partial charge in [0.05, 0.1) is 18.9 Å². The number of carbonyl (C=O) groups excluding carboxylic acids is 3. The van der Waals surface area contributed by atoms with Crippen LogP contribution in [-0.2, 0) is 9.53 Å². The molecule has 1 aliphatic rings. The Bertz CT molecular complexity index is 1530. The van der Waals surface area contributed by atoms with Gasteiger partial charge in [0.25, 0.3) is 11.8 Å². The zero-order valence-electron chi connectivity index (χ0n) is 21.2. The smallest absolute Gasteiger partial charge is 0.273 e. The molecule has 6 N–H and O–H groups in total. The lowest BCUT2D eigenvalue weighted by Gasteiger charge is -2.31. The third-order valence-electron chi connectivity index (χ3n) is 6.66. The zero-order valence-corrected chi connectivity index (χ0v) is 22.0. The summed E-state index contributed by atoms with van der Waals surface area (Å²) in [6.45, 7) is 0.944. The molecule has 0 spiro atoms. The van der Waals surface area contributed by atoms with Gasteiger partial charge in [-0.1, -0.05) is 24.3 Å². The number of anilines is 2. The number of rotatable bonds is 9. The van der Waals surface area contributed by atoms with Gasteiger partial charge in [-0.2, -0.15) is 4.37 Å². The van der Waals surface area contributed by atoms with Crippen LogP contribution in [0.2, 0.25) is 0 Å². The summed E-state index contributed by atoms with van der Waals surface area (Å²) >= 11 is 0.751. The topological polar surface area (TPSA) is 166 Å². The predicted molar refractivity (Wildman–Crippen MR) is 148 cm³/mol. The fourth-order valence-electron chi connectivity index (χ4n) is 4.72. The lowest BCUT2D eigenvalue weighted by Crippen LogP contribution is -2.45. The molecule has 0 aliphatic carbocycles. The number of aromatic amines is 1. The SMILES string of the molecule is COc1cccc(N(C(=O)c2snc(C(N)=O)c2N)[C@@H](C(=O)NC[C@H]2CCCO2)c2c[nH]c3ccccc23)c1. The van der Waals surface area contributed by atoms with Crippen LogP contribution in [-0.4, -0.2) is 53.4 Å². The van der Waals surface area contributed by atoms with Crippen LogP contribution in [0.15, 0.2) is 54.7 Å². The average molecular weight is 549 g/mol. The van der Waals surface area contributed by atoms with Crippen LogP contribution in [0.25, 0.3) is 10.9 Å². The number of methoxy groups -OCH3 is 1. The Morgan fingerprint density at radius 1 is 1.26 bits per heavy atom.